The number of anilines is 1. The fraction of sp³-hybridized carbons (Fsp3) is 0.200. The number of phenols is 1. The number of halogens is 3. The number of nitrogens with one attached hydrogen (secondary N) is 1. The second kappa shape index (κ2) is 5.70. The van der Waals surface area contributed by atoms with Crippen LogP contribution in [-0.4, -0.2) is 5.11 Å². The van der Waals surface area contributed by atoms with Gasteiger partial charge >= 0.3 is 0 Å². The predicted octanol–water partition coefficient (Wildman–Crippen LogP) is 5.78. The summed E-state index contributed by atoms with van der Waals surface area (Å²) in [5.41, 5.74) is 3.55. The number of fused-ring (bicyclic) bond motifs is 1. The summed E-state index contributed by atoms with van der Waals surface area (Å²) in [4.78, 5) is 0. The minimum atomic E-state index is 0.277. The van der Waals surface area contributed by atoms with Crippen LogP contribution in [0.3, 0.4) is 0 Å². The standard InChI is InChI=1S/C15H12Br3NO/c16-9-6-12(17)15(13(18)7-9)19-14-4-1-8-5-10(20)2-3-11(8)14/h2-3,5-7,14,19-20H,1,4H2. The average molecular weight is 462 g/mol. The summed E-state index contributed by atoms with van der Waals surface area (Å²) in [7, 11) is 0. The van der Waals surface area contributed by atoms with E-state index in [1.807, 2.05) is 24.3 Å². The minimum Gasteiger partial charge on any atom is -0.508 e. The molecular weight excluding hydrogens is 450 g/mol. The van der Waals surface area contributed by atoms with Gasteiger partial charge in [-0.15, -0.1) is 0 Å². The van der Waals surface area contributed by atoms with E-state index in [0.717, 1.165) is 31.9 Å². The Morgan fingerprint density at radius 1 is 1.05 bits per heavy atom. The molecule has 0 bridgehead atoms. The lowest BCUT2D eigenvalue weighted by Gasteiger charge is -2.18. The predicted molar refractivity (Wildman–Crippen MR) is 92.3 cm³/mol. The highest BCUT2D eigenvalue weighted by molar-refractivity contribution is 9.11. The SMILES string of the molecule is Oc1ccc2c(c1)CCC2Nc1c(Br)cc(Br)cc1Br. The van der Waals surface area contributed by atoms with E-state index >= 15 is 0 Å². The molecule has 20 heavy (non-hydrogen) atoms. The summed E-state index contributed by atoms with van der Waals surface area (Å²) in [5.74, 6) is 0.343. The Kier molecular flexibility index (Phi) is 4.11. The van der Waals surface area contributed by atoms with Gasteiger partial charge in [-0.3, -0.25) is 0 Å². The molecule has 2 N–H and O–H groups in total. The molecule has 1 atom stereocenters. The molecule has 0 saturated heterocycles. The molecule has 0 aromatic heterocycles. The summed E-state index contributed by atoms with van der Waals surface area (Å²) in [6, 6.07) is 9.96. The third-order valence-corrected chi connectivity index (χ3v) is 5.24. The van der Waals surface area contributed by atoms with E-state index in [-0.39, 0.29) is 6.04 Å². The lowest BCUT2D eigenvalue weighted by molar-refractivity contribution is 0.474. The fourth-order valence-electron chi connectivity index (χ4n) is 2.61. The number of phenolic OH excluding ortho intramolecular Hbond substituents is 1. The van der Waals surface area contributed by atoms with Gasteiger partial charge in [0.05, 0.1) is 11.7 Å². The Balaban J connectivity index is 1.91. The van der Waals surface area contributed by atoms with E-state index in [0.29, 0.717) is 5.75 Å². The van der Waals surface area contributed by atoms with Gasteiger partial charge in [0.1, 0.15) is 5.75 Å². The van der Waals surface area contributed by atoms with E-state index in [1.165, 1.54) is 11.1 Å². The summed E-state index contributed by atoms with van der Waals surface area (Å²) < 4.78 is 3.07. The quantitative estimate of drug-likeness (QED) is 0.594. The van der Waals surface area contributed by atoms with Gasteiger partial charge in [0.2, 0.25) is 0 Å². The van der Waals surface area contributed by atoms with Gasteiger partial charge in [0, 0.05) is 13.4 Å². The molecule has 0 saturated carbocycles. The number of aromatic hydroxyl groups is 1. The monoisotopic (exact) mass is 459 g/mol. The largest absolute Gasteiger partial charge is 0.508 e. The molecule has 1 unspecified atom stereocenters. The summed E-state index contributed by atoms with van der Waals surface area (Å²) in [5, 5.41) is 13.1. The van der Waals surface area contributed by atoms with Gasteiger partial charge in [-0.2, -0.15) is 0 Å². The molecule has 5 heteroatoms. The van der Waals surface area contributed by atoms with Crippen molar-refractivity contribution >= 4 is 53.5 Å². The highest BCUT2D eigenvalue weighted by atomic mass is 79.9. The molecule has 0 aliphatic heterocycles. The molecule has 0 radical (unpaired) electrons. The zero-order chi connectivity index (χ0) is 14.3. The first-order chi connectivity index (χ1) is 9.54. The molecule has 1 aliphatic carbocycles. The topological polar surface area (TPSA) is 32.3 Å². The Labute approximate surface area is 143 Å². The van der Waals surface area contributed by atoms with Crippen molar-refractivity contribution in [3.8, 4) is 5.75 Å². The summed E-state index contributed by atoms with van der Waals surface area (Å²) in [6.07, 6.45) is 2.03. The number of aryl methyl sites for hydroxylation is 1. The van der Waals surface area contributed by atoms with Gasteiger partial charge in [0.25, 0.3) is 0 Å². The smallest absolute Gasteiger partial charge is 0.115 e. The van der Waals surface area contributed by atoms with Gasteiger partial charge in [-0.05, 0) is 80.1 Å². The van der Waals surface area contributed by atoms with E-state index in [2.05, 4.69) is 53.1 Å². The lowest BCUT2D eigenvalue weighted by Crippen LogP contribution is -2.08. The molecule has 2 aromatic rings. The zero-order valence-corrected chi connectivity index (χ0v) is 15.2. The van der Waals surface area contributed by atoms with E-state index < -0.39 is 0 Å². The van der Waals surface area contributed by atoms with Crippen LogP contribution in [0.2, 0.25) is 0 Å². The van der Waals surface area contributed by atoms with E-state index in [1.54, 1.807) is 6.07 Å². The van der Waals surface area contributed by atoms with Crippen molar-refractivity contribution in [3.63, 3.8) is 0 Å². The van der Waals surface area contributed by atoms with Crippen molar-refractivity contribution in [2.24, 2.45) is 0 Å². The highest BCUT2D eigenvalue weighted by Gasteiger charge is 2.23. The molecule has 2 aromatic carbocycles. The number of rotatable bonds is 2. The van der Waals surface area contributed by atoms with E-state index in [4.69, 9.17) is 0 Å². The number of benzene rings is 2. The van der Waals surface area contributed by atoms with Crippen molar-refractivity contribution < 1.29 is 5.11 Å². The first-order valence-electron chi connectivity index (χ1n) is 6.27. The molecule has 0 amide bonds. The van der Waals surface area contributed by atoms with Gasteiger partial charge in [-0.25, -0.2) is 0 Å². The second-order valence-corrected chi connectivity index (χ2v) is 7.49. The fourth-order valence-corrected chi connectivity index (χ4v) is 5.10. The molecular formula is C15H12Br3NO. The second-order valence-electron chi connectivity index (χ2n) is 4.86. The molecule has 104 valence electrons. The van der Waals surface area contributed by atoms with Crippen LogP contribution >= 0.6 is 47.8 Å². The van der Waals surface area contributed by atoms with Crippen molar-refractivity contribution in [3.05, 3.63) is 54.9 Å². The van der Waals surface area contributed by atoms with Gasteiger partial charge in [-0.1, -0.05) is 22.0 Å². The zero-order valence-electron chi connectivity index (χ0n) is 10.5. The van der Waals surface area contributed by atoms with Crippen LogP contribution in [0.1, 0.15) is 23.6 Å². The Morgan fingerprint density at radius 3 is 2.45 bits per heavy atom. The average Bonchev–Trinajstić information content (AvgIpc) is 2.76. The molecule has 0 fully saturated rings. The Bertz CT molecular complexity index is 649. The van der Waals surface area contributed by atoms with Crippen molar-refractivity contribution in [1.82, 2.24) is 0 Å². The third kappa shape index (κ3) is 2.76. The molecule has 0 heterocycles. The van der Waals surface area contributed by atoms with Crippen LogP contribution in [0, 0.1) is 0 Å². The maximum atomic E-state index is 9.55. The van der Waals surface area contributed by atoms with E-state index in [9.17, 15) is 5.11 Å². The molecule has 0 spiro atoms. The third-order valence-electron chi connectivity index (χ3n) is 3.53. The number of hydrogen-bond acceptors (Lipinski definition) is 2. The Hall–Kier alpha value is -0.520. The van der Waals surface area contributed by atoms with Crippen LogP contribution in [-0.2, 0) is 6.42 Å². The highest BCUT2D eigenvalue weighted by Crippen LogP contribution is 2.40. The maximum Gasteiger partial charge on any atom is 0.115 e. The Morgan fingerprint density at radius 2 is 1.75 bits per heavy atom. The van der Waals surface area contributed by atoms with Crippen molar-refractivity contribution in [2.45, 2.75) is 18.9 Å². The summed E-state index contributed by atoms with van der Waals surface area (Å²) >= 11 is 10.7. The first-order valence-corrected chi connectivity index (χ1v) is 8.65. The van der Waals surface area contributed by atoms with Gasteiger partial charge < -0.3 is 10.4 Å². The minimum absolute atomic E-state index is 0.277. The van der Waals surface area contributed by atoms with Crippen LogP contribution in [0.25, 0.3) is 0 Å². The molecule has 3 rings (SSSR count). The first kappa shape index (κ1) is 14.4. The summed E-state index contributed by atoms with van der Waals surface area (Å²) in [6.45, 7) is 0. The van der Waals surface area contributed by atoms with Crippen molar-refractivity contribution in [2.75, 3.05) is 5.32 Å². The van der Waals surface area contributed by atoms with Crippen LogP contribution in [0.4, 0.5) is 5.69 Å². The van der Waals surface area contributed by atoms with Crippen LogP contribution < -0.4 is 5.32 Å². The number of hydrogen-bond donors (Lipinski definition) is 2. The normalized spacial score (nSPS) is 17.1. The van der Waals surface area contributed by atoms with Crippen LogP contribution in [0.15, 0.2) is 43.7 Å². The van der Waals surface area contributed by atoms with Crippen LogP contribution in [0.5, 0.6) is 5.75 Å². The molecule has 1 aliphatic rings. The van der Waals surface area contributed by atoms with Gasteiger partial charge in [0.15, 0.2) is 0 Å². The lowest BCUT2D eigenvalue weighted by atomic mass is 10.1. The molecule has 2 nitrogen and oxygen atoms in total. The maximum absolute atomic E-state index is 9.55. The van der Waals surface area contributed by atoms with Crippen molar-refractivity contribution in [1.29, 1.82) is 0 Å².